The number of furan rings is 1. The smallest absolute Gasteiger partial charge is 0.289 e. The molecule has 3 heterocycles. The summed E-state index contributed by atoms with van der Waals surface area (Å²) >= 11 is 6.18. The van der Waals surface area contributed by atoms with E-state index in [4.69, 9.17) is 16.0 Å². The first-order valence-corrected chi connectivity index (χ1v) is 10.5. The maximum atomic E-state index is 13.2. The Kier molecular flexibility index (Phi) is 4.63. The Labute approximate surface area is 179 Å². The van der Waals surface area contributed by atoms with Gasteiger partial charge in [-0.1, -0.05) is 29.8 Å². The Morgan fingerprint density at radius 3 is 2.57 bits per heavy atom. The van der Waals surface area contributed by atoms with Crippen LogP contribution in [-0.2, 0) is 0 Å². The zero-order valence-electron chi connectivity index (χ0n) is 17.0. The summed E-state index contributed by atoms with van der Waals surface area (Å²) in [5.74, 6) is 0.302. The lowest BCUT2D eigenvalue weighted by molar-refractivity contribution is 0.0717. The molecular formula is C24H22ClN3O2. The van der Waals surface area contributed by atoms with Crippen LogP contribution in [0.25, 0.3) is 21.9 Å². The monoisotopic (exact) mass is 419 g/mol. The summed E-state index contributed by atoms with van der Waals surface area (Å²) in [5, 5.41) is 2.55. The maximum Gasteiger partial charge on any atom is 0.289 e. The van der Waals surface area contributed by atoms with Crippen molar-refractivity contribution >= 4 is 45.1 Å². The molecule has 1 amide bonds. The molecule has 2 aromatic carbocycles. The summed E-state index contributed by atoms with van der Waals surface area (Å²) in [6.07, 6.45) is 0. The van der Waals surface area contributed by atoms with Gasteiger partial charge in [-0.15, -0.1) is 0 Å². The lowest BCUT2D eigenvalue weighted by Gasteiger charge is -2.36. The van der Waals surface area contributed by atoms with Gasteiger partial charge in [0.25, 0.3) is 5.91 Å². The van der Waals surface area contributed by atoms with E-state index in [0.717, 1.165) is 51.4 Å². The number of pyridine rings is 1. The number of aryl methyl sites for hydroxylation is 2. The highest BCUT2D eigenvalue weighted by Crippen LogP contribution is 2.30. The van der Waals surface area contributed by atoms with Crippen molar-refractivity contribution in [2.45, 2.75) is 13.8 Å². The van der Waals surface area contributed by atoms with Gasteiger partial charge in [0.05, 0.1) is 5.52 Å². The molecule has 6 heteroatoms. The molecule has 1 aliphatic heterocycles. The number of aromatic nitrogens is 1. The van der Waals surface area contributed by atoms with Crippen molar-refractivity contribution < 1.29 is 9.21 Å². The lowest BCUT2D eigenvalue weighted by Crippen LogP contribution is -2.48. The summed E-state index contributed by atoms with van der Waals surface area (Å²) in [5.41, 5.74) is 4.79. The van der Waals surface area contributed by atoms with Crippen molar-refractivity contribution in [3.63, 3.8) is 0 Å². The lowest BCUT2D eigenvalue weighted by atomic mass is 10.1. The molecule has 4 aromatic rings. The van der Waals surface area contributed by atoms with Crippen molar-refractivity contribution in [3.8, 4) is 0 Å². The molecule has 0 unspecified atom stereocenters. The molecule has 5 nitrogen and oxygen atoms in total. The number of rotatable bonds is 2. The summed E-state index contributed by atoms with van der Waals surface area (Å²) < 4.78 is 6.06. The Morgan fingerprint density at radius 1 is 1.00 bits per heavy atom. The third-order valence-corrected chi connectivity index (χ3v) is 6.08. The van der Waals surface area contributed by atoms with Crippen molar-refractivity contribution in [2.75, 3.05) is 31.1 Å². The largest absolute Gasteiger partial charge is 0.450 e. The van der Waals surface area contributed by atoms with E-state index >= 15 is 0 Å². The predicted molar refractivity (Wildman–Crippen MR) is 121 cm³/mol. The number of benzene rings is 2. The number of carbonyl (C=O) groups is 1. The number of carbonyl (C=O) groups excluding carboxylic acids is 1. The van der Waals surface area contributed by atoms with Crippen LogP contribution in [0.5, 0.6) is 0 Å². The Bertz CT molecular complexity index is 1270. The zero-order valence-corrected chi connectivity index (χ0v) is 17.7. The molecule has 0 saturated carbocycles. The van der Waals surface area contributed by atoms with E-state index in [9.17, 15) is 4.79 Å². The SMILES string of the molecule is Cc1ccc(Cl)cc1N1CCN(C(=O)c2cc3c(C)nc4ccccc4c3o2)CC1. The molecule has 30 heavy (non-hydrogen) atoms. The highest BCUT2D eigenvalue weighted by atomic mass is 35.5. The second-order valence-corrected chi connectivity index (χ2v) is 8.21. The van der Waals surface area contributed by atoms with Gasteiger partial charge in [0, 0.05) is 53.4 Å². The van der Waals surface area contributed by atoms with Gasteiger partial charge < -0.3 is 14.2 Å². The maximum absolute atomic E-state index is 13.2. The Hall–Kier alpha value is -3.05. The van der Waals surface area contributed by atoms with Crippen LogP contribution in [0.2, 0.25) is 5.02 Å². The number of para-hydroxylation sites is 1. The zero-order chi connectivity index (χ0) is 20.8. The number of anilines is 1. The fourth-order valence-electron chi connectivity index (χ4n) is 4.20. The molecular weight excluding hydrogens is 398 g/mol. The number of fused-ring (bicyclic) bond motifs is 3. The number of nitrogens with zero attached hydrogens (tertiary/aromatic N) is 3. The average Bonchev–Trinajstić information content (AvgIpc) is 3.22. The van der Waals surface area contributed by atoms with Crippen molar-refractivity contribution in [3.05, 3.63) is 70.6 Å². The first-order valence-electron chi connectivity index (χ1n) is 10.1. The summed E-state index contributed by atoms with van der Waals surface area (Å²) in [7, 11) is 0. The summed E-state index contributed by atoms with van der Waals surface area (Å²) in [6, 6.07) is 15.6. The molecule has 0 atom stereocenters. The minimum atomic E-state index is -0.0721. The Morgan fingerprint density at radius 2 is 1.77 bits per heavy atom. The van der Waals surface area contributed by atoms with Gasteiger partial charge in [-0.05, 0) is 49.7 Å². The van der Waals surface area contributed by atoms with Crippen LogP contribution in [0, 0.1) is 13.8 Å². The first-order chi connectivity index (χ1) is 14.5. The molecule has 0 spiro atoms. The first kappa shape index (κ1) is 18.9. The van der Waals surface area contributed by atoms with Crippen LogP contribution in [0.4, 0.5) is 5.69 Å². The molecule has 1 saturated heterocycles. The van der Waals surface area contributed by atoms with E-state index in [2.05, 4.69) is 16.8 Å². The summed E-state index contributed by atoms with van der Waals surface area (Å²) in [4.78, 5) is 21.9. The van der Waals surface area contributed by atoms with Crippen LogP contribution in [0.3, 0.4) is 0 Å². The highest BCUT2D eigenvalue weighted by molar-refractivity contribution is 6.30. The van der Waals surface area contributed by atoms with E-state index in [1.165, 1.54) is 5.56 Å². The fraction of sp³-hybridized carbons (Fsp3) is 0.250. The second kappa shape index (κ2) is 7.33. The van der Waals surface area contributed by atoms with Gasteiger partial charge in [-0.25, -0.2) is 0 Å². The van der Waals surface area contributed by atoms with Crippen LogP contribution in [0.1, 0.15) is 21.8 Å². The van der Waals surface area contributed by atoms with E-state index in [0.29, 0.717) is 18.8 Å². The third kappa shape index (κ3) is 3.19. The molecule has 152 valence electrons. The van der Waals surface area contributed by atoms with E-state index in [-0.39, 0.29) is 5.91 Å². The molecule has 5 rings (SSSR count). The van der Waals surface area contributed by atoms with Gasteiger partial charge >= 0.3 is 0 Å². The van der Waals surface area contributed by atoms with Gasteiger partial charge in [-0.3, -0.25) is 9.78 Å². The van der Waals surface area contributed by atoms with E-state index in [1.807, 2.05) is 60.4 Å². The van der Waals surface area contributed by atoms with Crippen LogP contribution < -0.4 is 4.90 Å². The molecule has 0 N–H and O–H groups in total. The van der Waals surface area contributed by atoms with Gasteiger partial charge in [0.1, 0.15) is 5.58 Å². The molecule has 0 radical (unpaired) electrons. The van der Waals surface area contributed by atoms with Gasteiger partial charge in [0.15, 0.2) is 5.76 Å². The van der Waals surface area contributed by atoms with Gasteiger partial charge in [-0.2, -0.15) is 0 Å². The number of piperazine rings is 1. The number of amides is 1. The number of hydrogen-bond acceptors (Lipinski definition) is 4. The van der Waals surface area contributed by atoms with Crippen molar-refractivity contribution in [1.82, 2.24) is 9.88 Å². The Balaban J connectivity index is 1.39. The molecule has 1 aliphatic rings. The van der Waals surface area contributed by atoms with Crippen LogP contribution >= 0.6 is 11.6 Å². The average molecular weight is 420 g/mol. The minimum Gasteiger partial charge on any atom is -0.450 e. The minimum absolute atomic E-state index is 0.0721. The molecule has 0 bridgehead atoms. The molecule has 0 aliphatic carbocycles. The predicted octanol–water partition coefficient (Wildman–Crippen LogP) is 5.21. The number of hydrogen-bond donors (Lipinski definition) is 0. The normalized spacial score (nSPS) is 14.6. The fourth-order valence-corrected chi connectivity index (χ4v) is 4.37. The van der Waals surface area contributed by atoms with Crippen molar-refractivity contribution in [2.24, 2.45) is 0 Å². The standard InChI is InChI=1S/C24H22ClN3O2/c1-15-7-8-17(25)13-21(15)27-9-11-28(12-10-27)24(29)22-14-19-16(2)26-20-6-4-3-5-18(20)23(19)30-22/h3-8,13-14H,9-12H2,1-2H3. The molecule has 2 aromatic heterocycles. The molecule has 1 fully saturated rings. The van der Waals surface area contributed by atoms with Crippen LogP contribution in [-0.4, -0.2) is 42.0 Å². The second-order valence-electron chi connectivity index (χ2n) is 7.78. The van der Waals surface area contributed by atoms with E-state index < -0.39 is 0 Å². The van der Waals surface area contributed by atoms with Gasteiger partial charge in [0.2, 0.25) is 0 Å². The quantitative estimate of drug-likeness (QED) is 0.447. The summed E-state index contributed by atoms with van der Waals surface area (Å²) in [6.45, 7) is 6.83. The van der Waals surface area contributed by atoms with Crippen LogP contribution in [0.15, 0.2) is 52.9 Å². The third-order valence-electron chi connectivity index (χ3n) is 5.85. The van der Waals surface area contributed by atoms with Crippen molar-refractivity contribution in [1.29, 1.82) is 0 Å². The topological polar surface area (TPSA) is 49.6 Å². The van der Waals surface area contributed by atoms with E-state index in [1.54, 1.807) is 0 Å². The number of halogens is 1. The highest BCUT2D eigenvalue weighted by Gasteiger charge is 2.26.